The van der Waals surface area contributed by atoms with Gasteiger partial charge in [0.05, 0.1) is 25.9 Å². The molecule has 7 rings (SSSR count). The van der Waals surface area contributed by atoms with Crippen molar-refractivity contribution >= 4 is 17.5 Å². The Labute approximate surface area is 331 Å². The van der Waals surface area contributed by atoms with Gasteiger partial charge >= 0.3 is 0 Å². The molecule has 1 saturated heterocycles. The van der Waals surface area contributed by atoms with Crippen LogP contribution in [-0.2, 0) is 22.6 Å². The molecule has 1 aromatic heterocycles. The summed E-state index contributed by atoms with van der Waals surface area (Å²) in [4.78, 5) is 42.9. The first-order chi connectivity index (χ1) is 26.5. The maximum Gasteiger partial charge on any atom is 0.251 e. The number of aromatic nitrogens is 1. The van der Waals surface area contributed by atoms with Crippen LogP contribution in [0.5, 0.6) is 5.75 Å². The van der Waals surface area contributed by atoms with Crippen molar-refractivity contribution in [1.82, 2.24) is 25.6 Å². The molecule has 12 heteroatoms. The number of rotatable bonds is 14. The van der Waals surface area contributed by atoms with E-state index in [2.05, 4.69) is 36.4 Å². The van der Waals surface area contributed by atoms with Gasteiger partial charge in [0.25, 0.3) is 5.91 Å². The average Bonchev–Trinajstić information content (AvgIpc) is 3.47. The molecule has 11 nitrogen and oxygen atoms in total. The molecule has 2 bridgehead atoms. The van der Waals surface area contributed by atoms with Crippen LogP contribution in [-0.4, -0.2) is 104 Å². The molecule has 2 amide bonds. The SMILES string of the molecule is COc1c(CN2O[C@@H](C)[C@@H]([C@H](C)O)[C@H]2C(=O)N[C@H]2C[C@H]3C[C@@H]([C@@H]2C)C3(C)C)cc(F)cc1-c1cc(C(=O)N[C@@H](Cc2ccccn2)CN(C)C)cc(N(C)C)c1. The van der Waals surface area contributed by atoms with Crippen LogP contribution < -0.4 is 20.3 Å². The number of aliphatic hydroxyl groups excluding tert-OH is 1. The van der Waals surface area contributed by atoms with Crippen molar-refractivity contribution in [1.29, 1.82) is 0 Å². The molecule has 2 heterocycles. The second kappa shape index (κ2) is 16.8. The number of hydrogen-bond acceptors (Lipinski definition) is 9. The predicted molar refractivity (Wildman–Crippen MR) is 217 cm³/mol. The summed E-state index contributed by atoms with van der Waals surface area (Å²) in [6.07, 6.45) is 3.12. The topological polar surface area (TPSA) is 119 Å². The molecule has 304 valence electrons. The minimum atomic E-state index is -0.827. The number of carbonyl (C=O) groups is 2. The molecule has 3 saturated carbocycles. The Bertz CT molecular complexity index is 1870. The van der Waals surface area contributed by atoms with Gasteiger partial charge in [-0.1, -0.05) is 26.8 Å². The minimum absolute atomic E-state index is 0.0263. The quantitative estimate of drug-likeness (QED) is 0.194. The molecule has 4 aliphatic rings. The molecule has 2 aromatic carbocycles. The van der Waals surface area contributed by atoms with E-state index in [9.17, 15) is 14.7 Å². The third-order valence-corrected chi connectivity index (χ3v) is 12.8. The Morgan fingerprint density at radius 2 is 1.86 bits per heavy atom. The predicted octanol–water partition coefficient (Wildman–Crippen LogP) is 5.55. The number of hydroxylamine groups is 2. The Kier molecular flexibility index (Phi) is 12.4. The lowest BCUT2D eigenvalue weighted by Crippen LogP contribution is -2.62. The van der Waals surface area contributed by atoms with Gasteiger partial charge in [-0.3, -0.25) is 19.4 Å². The van der Waals surface area contributed by atoms with Crippen LogP contribution >= 0.6 is 0 Å². The molecule has 9 atom stereocenters. The average molecular weight is 773 g/mol. The first-order valence-corrected chi connectivity index (χ1v) is 19.9. The first-order valence-electron chi connectivity index (χ1n) is 19.9. The number of likely N-dealkylation sites (N-methyl/N-ethyl adjacent to an activating group) is 1. The van der Waals surface area contributed by atoms with Gasteiger partial charge in [0, 0.05) is 79.3 Å². The van der Waals surface area contributed by atoms with Gasteiger partial charge in [-0.15, -0.1) is 0 Å². The van der Waals surface area contributed by atoms with E-state index < -0.39 is 30.0 Å². The van der Waals surface area contributed by atoms with Gasteiger partial charge in [-0.2, -0.15) is 5.06 Å². The molecular formula is C44H61FN6O5. The maximum absolute atomic E-state index is 15.8. The highest BCUT2D eigenvalue weighted by Gasteiger charge is 2.57. The monoisotopic (exact) mass is 772 g/mol. The number of methoxy groups -OCH3 is 1. The zero-order valence-corrected chi connectivity index (χ0v) is 34.7. The lowest BCUT2D eigenvalue weighted by atomic mass is 9.45. The Balaban J connectivity index is 1.30. The summed E-state index contributed by atoms with van der Waals surface area (Å²) in [5.74, 6) is 0.363. The highest BCUT2D eigenvalue weighted by atomic mass is 19.1. The van der Waals surface area contributed by atoms with E-state index in [0.717, 1.165) is 17.8 Å². The summed E-state index contributed by atoms with van der Waals surface area (Å²) in [6.45, 7) is 11.1. The van der Waals surface area contributed by atoms with E-state index in [4.69, 9.17) is 9.57 Å². The number of pyridine rings is 1. The number of halogens is 1. The number of benzene rings is 2. The van der Waals surface area contributed by atoms with Gasteiger partial charge in [-0.25, -0.2) is 4.39 Å². The fraction of sp³-hybridized carbons (Fsp3) is 0.568. The molecule has 0 radical (unpaired) electrons. The standard InChI is InChI=1S/C44H61FN6O5/c1-25-37-19-31(44(37,4)5)20-38(25)48-43(54)40-39(26(2)52)27(3)56-51(40)23-30-16-32(45)21-36(41(30)55-10)28-15-29(18-35(17-28)50(8)9)42(53)47-34(24-49(6)7)22-33-13-11-12-14-46-33/h11-18,21,25-27,31,34,37-40,52H,19-20,22-24H2,1-10H3,(H,47,53)(H,48,54)/t25-,26-,27-,31+,34-,37-,38-,39+,40-/m0/s1. The van der Waals surface area contributed by atoms with Crippen LogP contribution in [0.4, 0.5) is 10.1 Å². The third kappa shape index (κ3) is 8.58. The lowest BCUT2D eigenvalue weighted by Gasteiger charge is -2.62. The summed E-state index contributed by atoms with van der Waals surface area (Å²) in [7, 11) is 9.23. The zero-order chi connectivity index (χ0) is 40.6. The first kappa shape index (κ1) is 41.5. The summed E-state index contributed by atoms with van der Waals surface area (Å²) >= 11 is 0. The van der Waals surface area contributed by atoms with Crippen molar-refractivity contribution in [3.63, 3.8) is 0 Å². The van der Waals surface area contributed by atoms with E-state index in [1.165, 1.54) is 25.7 Å². The van der Waals surface area contributed by atoms with Gasteiger partial charge in [0.15, 0.2) is 0 Å². The number of nitrogens with one attached hydrogen (secondary N) is 2. The van der Waals surface area contributed by atoms with Crippen molar-refractivity contribution < 1.29 is 28.7 Å². The molecule has 3 N–H and O–H groups in total. The minimum Gasteiger partial charge on any atom is -0.496 e. The fourth-order valence-electron chi connectivity index (χ4n) is 9.69. The maximum atomic E-state index is 15.8. The molecule has 0 spiro atoms. The third-order valence-electron chi connectivity index (χ3n) is 12.8. The molecule has 0 unspecified atom stereocenters. The number of fused-ring (bicyclic) bond motifs is 2. The number of anilines is 1. The van der Waals surface area contributed by atoms with E-state index in [0.29, 0.717) is 58.7 Å². The molecule has 56 heavy (non-hydrogen) atoms. The van der Waals surface area contributed by atoms with E-state index in [1.807, 2.05) is 75.2 Å². The summed E-state index contributed by atoms with van der Waals surface area (Å²) in [5, 5.41) is 19.1. The van der Waals surface area contributed by atoms with Crippen molar-refractivity contribution in [3.05, 3.63) is 77.4 Å². The van der Waals surface area contributed by atoms with Gasteiger partial charge < -0.3 is 30.3 Å². The fourth-order valence-corrected chi connectivity index (χ4v) is 9.69. The molecule has 4 fully saturated rings. The highest BCUT2D eigenvalue weighted by Crippen LogP contribution is 2.61. The van der Waals surface area contributed by atoms with Crippen LogP contribution in [0.2, 0.25) is 0 Å². The summed E-state index contributed by atoms with van der Waals surface area (Å²) in [5.41, 5.74) is 3.83. The van der Waals surface area contributed by atoms with Crippen molar-refractivity contribution in [2.45, 2.75) is 90.8 Å². The van der Waals surface area contributed by atoms with Gasteiger partial charge in [0.1, 0.15) is 17.6 Å². The molecule has 3 aromatic rings. The van der Waals surface area contributed by atoms with Crippen molar-refractivity contribution in [2.24, 2.45) is 29.1 Å². The van der Waals surface area contributed by atoms with Crippen molar-refractivity contribution in [3.8, 4) is 16.9 Å². The molecule has 3 aliphatic carbocycles. The second-order valence-electron chi connectivity index (χ2n) is 17.5. The highest BCUT2D eigenvalue weighted by molar-refractivity contribution is 5.97. The second-order valence-corrected chi connectivity index (χ2v) is 17.5. The van der Waals surface area contributed by atoms with Crippen LogP contribution in [0.3, 0.4) is 0 Å². The number of aliphatic hydroxyl groups is 1. The normalized spacial score (nSPS) is 26.6. The zero-order valence-electron chi connectivity index (χ0n) is 34.7. The lowest BCUT2D eigenvalue weighted by molar-refractivity contribution is -0.174. The van der Waals surface area contributed by atoms with Crippen molar-refractivity contribution in [2.75, 3.05) is 46.7 Å². The van der Waals surface area contributed by atoms with Crippen LogP contribution in [0, 0.1) is 34.9 Å². The number of hydrogen-bond donors (Lipinski definition) is 3. The number of nitrogens with zero attached hydrogens (tertiary/aromatic N) is 4. The Morgan fingerprint density at radius 3 is 2.46 bits per heavy atom. The van der Waals surface area contributed by atoms with Crippen LogP contribution in [0.15, 0.2) is 54.7 Å². The largest absolute Gasteiger partial charge is 0.496 e. The Morgan fingerprint density at radius 1 is 1.11 bits per heavy atom. The summed E-state index contributed by atoms with van der Waals surface area (Å²) in [6, 6.07) is 13.0. The number of amides is 2. The van der Waals surface area contributed by atoms with E-state index >= 15 is 4.39 Å². The van der Waals surface area contributed by atoms with Gasteiger partial charge in [-0.05, 0) is 112 Å². The molecular weight excluding hydrogens is 712 g/mol. The number of carbonyl (C=O) groups excluding carboxylic acids is 2. The van der Waals surface area contributed by atoms with Crippen LogP contribution in [0.1, 0.15) is 69.1 Å². The summed E-state index contributed by atoms with van der Waals surface area (Å²) < 4.78 is 21.8. The van der Waals surface area contributed by atoms with Crippen LogP contribution in [0.25, 0.3) is 11.1 Å². The van der Waals surface area contributed by atoms with Gasteiger partial charge in [0.2, 0.25) is 5.91 Å². The van der Waals surface area contributed by atoms with E-state index in [1.54, 1.807) is 24.3 Å². The smallest absolute Gasteiger partial charge is 0.251 e. The van der Waals surface area contributed by atoms with E-state index in [-0.39, 0.29) is 35.9 Å². The number of ether oxygens (including phenoxy) is 1. The Hall–Kier alpha value is -4.10. The molecule has 1 aliphatic heterocycles.